The van der Waals surface area contributed by atoms with Crippen LogP contribution in [0.25, 0.3) is 0 Å². The lowest BCUT2D eigenvalue weighted by Crippen LogP contribution is -2.56. The van der Waals surface area contributed by atoms with Crippen molar-refractivity contribution in [1.82, 2.24) is 9.80 Å². The van der Waals surface area contributed by atoms with E-state index in [0.717, 1.165) is 24.0 Å². The van der Waals surface area contributed by atoms with Crippen LogP contribution in [0.1, 0.15) is 34.3 Å². The number of halogens is 1. The lowest BCUT2D eigenvalue weighted by Gasteiger charge is -2.40. The quantitative estimate of drug-likeness (QED) is 0.847. The van der Waals surface area contributed by atoms with Crippen molar-refractivity contribution in [3.05, 3.63) is 70.2 Å². The highest BCUT2D eigenvalue weighted by molar-refractivity contribution is 6.33. The first-order chi connectivity index (χ1) is 13.5. The average Bonchev–Trinajstić information content (AvgIpc) is 2.72. The van der Waals surface area contributed by atoms with Crippen LogP contribution in [0.5, 0.6) is 0 Å². The first kappa shape index (κ1) is 19.0. The molecule has 2 N–H and O–H groups in total. The van der Waals surface area contributed by atoms with E-state index in [2.05, 4.69) is 0 Å². The van der Waals surface area contributed by atoms with Crippen molar-refractivity contribution in [2.45, 2.75) is 37.9 Å². The predicted octanol–water partition coefficient (Wildman–Crippen LogP) is 2.86. The lowest BCUT2D eigenvalue weighted by molar-refractivity contribution is -0.137. The Morgan fingerprint density at radius 2 is 1.75 bits per heavy atom. The molecule has 5 nitrogen and oxygen atoms in total. The highest BCUT2D eigenvalue weighted by Gasteiger charge is 2.38. The number of hydrogen-bond donors (Lipinski definition) is 1. The van der Waals surface area contributed by atoms with Crippen LogP contribution >= 0.6 is 11.6 Å². The SMILES string of the molecule is NC1CCCN(C(=O)C2Cc3ccccc3CN2C(=O)c2ccccc2Cl)C1. The third kappa shape index (κ3) is 3.64. The van der Waals surface area contributed by atoms with E-state index in [0.29, 0.717) is 36.6 Å². The fourth-order valence-corrected chi connectivity index (χ4v) is 4.38. The molecule has 0 saturated carbocycles. The largest absolute Gasteiger partial charge is 0.339 e. The molecule has 2 aliphatic heterocycles. The molecule has 2 amide bonds. The van der Waals surface area contributed by atoms with Crippen molar-refractivity contribution in [2.75, 3.05) is 13.1 Å². The van der Waals surface area contributed by atoms with Crippen LogP contribution in [0.15, 0.2) is 48.5 Å². The summed E-state index contributed by atoms with van der Waals surface area (Å²) in [7, 11) is 0. The van der Waals surface area contributed by atoms with Crippen LogP contribution in [0.3, 0.4) is 0 Å². The Labute approximate surface area is 170 Å². The van der Waals surface area contributed by atoms with E-state index in [1.807, 2.05) is 29.2 Å². The minimum atomic E-state index is -0.538. The summed E-state index contributed by atoms with van der Waals surface area (Å²) >= 11 is 6.27. The summed E-state index contributed by atoms with van der Waals surface area (Å²) in [6.07, 6.45) is 2.34. The van der Waals surface area contributed by atoms with Gasteiger partial charge >= 0.3 is 0 Å². The van der Waals surface area contributed by atoms with Crippen LogP contribution in [-0.4, -0.2) is 46.8 Å². The number of amides is 2. The van der Waals surface area contributed by atoms with Crippen LogP contribution in [0.2, 0.25) is 5.02 Å². The van der Waals surface area contributed by atoms with Crippen LogP contribution in [0.4, 0.5) is 0 Å². The zero-order chi connectivity index (χ0) is 19.7. The maximum atomic E-state index is 13.4. The van der Waals surface area contributed by atoms with Gasteiger partial charge in [-0.25, -0.2) is 0 Å². The fraction of sp³-hybridized carbons (Fsp3) is 0.364. The number of piperidine rings is 1. The number of carbonyl (C=O) groups is 2. The normalized spacial score (nSPS) is 21.9. The van der Waals surface area contributed by atoms with E-state index in [-0.39, 0.29) is 17.9 Å². The Kier molecular flexibility index (Phi) is 5.38. The predicted molar refractivity (Wildman–Crippen MR) is 109 cm³/mol. The first-order valence-corrected chi connectivity index (χ1v) is 10.1. The Morgan fingerprint density at radius 1 is 1.04 bits per heavy atom. The molecule has 28 heavy (non-hydrogen) atoms. The van der Waals surface area contributed by atoms with E-state index >= 15 is 0 Å². The molecule has 2 aromatic rings. The molecule has 0 aliphatic carbocycles. The van der Waals surface area contributed by atoms with Gasteiger partial charge in [-0.15, -0.1) is 0 Å². The molecule has 146 valence electrons. The molecular weight excluding hydrogens is 374 g/mol. The zero-order valence-corrected chi connectivity index (χ0v) is 16.4. The lowest BCUT2D eigenvalue weighted by atomic mass is 9.92. The molecule has 2 unspecified atom stereocenters. The molecule has 2 heterocycles. The average molecular weight is 398 g/mol. The van der Waals surface area contributed by atoms with Gasteiger partial charge in [0, 0.05) is 32.1 Å². The molecule has 2 aliphatic rings. The van der Waals surface area contributed by atoms with E-state index < -0.39 is 6.04 Å². The van der Waals surface area contributed by atoms with E-state index in [4.69, 9.17) is 17.3 Å². The molecule has 2 atom stereocenters. The summed E-state index contributed by atoms with van der Waals surface area (Å²) in [6.45, 7) is 1.64. The number of nitrogens with zero attached hydrogens (tertiary/aromatic N) is 2. The zero-order valence-electron chi connectivity index (χ0n) is 15.7. The van der Waals surface area contributed by atoms with Crippen LogP contribution < -0.4 is 5.73 Å². The summed E-state index contributed by atoms with van der Waals surface area (Å²) in [6, 6.07) is 14.4. The molecule has 0 spiro atoms. The number of hydrogen-bond acceptors (Lipinski definition) is 3. The van der Waals surface area contributed by atoms with Gasteiger partial charge in [-0.05, 0) is 36.1 Å². The molecule has 0 bridgehead atoms. The van der Waals surface area contributed by atoms with Crippen molar-refractivity contribution in [3.8, 4) is 0 Å². The summed E-state index contributed by atoms with van der Waals surface area (Å²) in [5.74, 6) is -0.232. The minimum Gasteiger partial charge on any atom is -0.339 e. The van der Waals surface area contributed by atoms with Crippen molar-refractivity contribution in [3.63, 3.8) is 0 Å². The topological polar surface area (TPSA) is 66.6 Å². The number of nitrogens with two attached hydrogens (primary N) is 1. The van der Waals surface area contributed by atoms with Gasteiger partial charge in [0.25, 0.3) is 5.91 Å². The smallest absolute Gasteiger partial charge is 0.256 e. The fourth-order valence-electron chi connectivity index (χ4n) is 4.17. The van der Waals surface area contributed by atoms with E-state index in [1.54, 1.807) is 29.2 Å². The Bertz CT molecular complexity index is 901. The van der Waals surface area contributed by atoms with Gasteiger partial charge in [-0.2, -0.15) is 0 Å². The summed E-state index contributed by atoms with van der Waals surface area (Å²) < 4.78 is 0. The second-order valence-electron chi connectivity index (χ2n) is 7.59. The number of rotatable bonds is 2. The molecule has 0 radical (unpaired) electrons. The summed E-state index contributed by atoms with van der Waals surface area (Å²) in [5.41, 5.74) is 8.70. The van der Waals surface area contributed by atoms with E-state index in [1.165, 1.54) is 0 Å². The highest BCUT2D eigenvalue weighted by atomic mass is 35.5. The first-order valence-electron chi connectivity index (χ1n) is 9.71. The van der Waals surface area contributed by atoms with Crippen molar-refractivity contribution in [2.24, 2.45) is 5.73 Å². The standard InChI is InChI=1S/C22H24ClN3O2/c23-19-10-4-3-9-18(19)21(27)26-13-16-7-2-1-6-15(16)12-20(26)22(28)25-11-5-8-17(24)14-25/h1-4,6-7,9-10,17,20H,5,8,11-14,24H2. The van der Waals surface area contributed by atoms with Crippen molar-refractivity contribution in [1.29, 1.82) is 0 Å². The Hall–Kier alpha value is -2.37. The molecule has 0 aromatic heterocycles. The molecule has 4 rings (SSSR count). The van der Waals surface area contributed by atoms with Gasteiger partial charge in [0.1, 0.15) is 6.04 Å². The number of benzene rings is 2. The molecule has 2 aromatic carbocycles. The summed E-state index contributed by atoms with van der Waals surface area (Å²) in [4.78, 5) is 30.2. The van der Waals surface area contributed by atoms with Crippen molar-refractivity contribution < 1.29 is 9.59 Å². The van der Waals surface area contributed by atoms with Crippen LogP contribution in [0, 0.1) is 0 Å². The summed E-state index contributed by atoms with van der Waals surface area (Å²) in [5, 5.41) is 0.401. The number of carbonyl (C=O) groups excluding carboxylic acids is 2. The maximum absolute atomic E-state index is 13.4. The second kappa shape index (κ2) is 7.94. The van der Waals surface area contributed by atoms with E-state index in [9.17, 15) is 9.59 Å². The Morgan fingerprint density at radius 3 is 2.50 bits per heavy atom. The molecule has 6 heteroatoms. The van der Waals surface area contributed by atoms with Crippen molar-refractivity contribution >= 4 is 23.4 Å². The Balaban J connectivity index is 1.68. The third-order valence-electron chi connectivity index (χ3n) is 5.67. The van der Waals surface area contributed by atoms with Gasteiger partial charge in [-0.1, -0.05) is 48.0 Å². The third-order valence-corrected chi connectivity index (χ3v) is 6.00. The second-order valence-corrected chi connectivity index (χ2v) is 8.00. The molecular formula is C22H24ClN3O2. The molecule has 1 saturated heterocycles. The molecule has 1 fully saturated rings. The maximum Gasteiger partial charge on any atom is 0.256 e. The number of fused-ring (bicyclic) bond motifs is 1. The van der Waals surface area contributed by atoms with Gasteiger partial charge in [0.15, 0.2) is 0 Å². The van der Waals surface area contributed by atoms with Crippen LogP contribution in [-0.2, 0) is 17.8 Å². The number of likely N-dealkylation sites (tertiary alicyclic amines) is 1. The van der Waals surface area contributed by atoms with Gasteiger partial charge < -0.3 is 15.5 Å². The van der Waals surface area contributed by atoms with Gasteiger partial charge in [-0.3, -0.25) is 9.59 Å². The minimum absolute atomic E-state index is 0.00120. The van der Waals surface area contributed by atoms with Gasteiger partial charge in [0.2, 0.25) is 5.91 Å². The van der Waals surface area contributed by atoms with Gasteiger partial charge in [0.05, 0.1) is 10.6 Å². The highest BCUT2D eigenvalue weighted by Crippen LogP contribution is 2.28. The monoisotopic (exact) mass is 397 g/mol.